The number of hydrogen-bond acceptors (Lipinski definition) is 11. The summed E-state index contributed by atoms with van der Waals surface area (Å²) in [5, 5.41) is 45.4. The van der Waals surface area contributed by atoms with Crippen molar-refractivity contribution in [2.24, 2.45) is 107 Å². The Kier molecular flexibility index (Phi) is 17.2. The first-order valence-corrected chi connectivity index (χ1v) is 37.0. The smallest absolute Gasteiger partial charge is 0.303 e. The molecule has 0 aromatic heterocycles. The first-order chi connectivity index (χ1) is 38.3. The van der Waals surface area contributed by atoms with Gasteiger partial charge in [-0.3, -0.25) is 9.59 Å². The van der Waals surface area contributed by atoms with Gasteiger partial charge in [0, 0.05) is 24.7 Å². The maximum absolute atomic E-state index is 12.3. The molecule has 490 valence electrons. The lowest BCUT2D eigenvalue weighted by Crippen LogP contribution is -2.61. The van der Waals surface area contributed by atoms with Crippen molar-refractivity contribution >= 4 is 20.3 Å². The molecule has 26 atom stereocenters. The minimum atomic E-state index is -2.00. The van der Waals surface area contributed by atoms with E-state index in [9.17, 15) is 30.0 Å². The van der Waals surface area contributed by atoms with E-state index < -0.39 is 49.9 Å². The molecule has 2 heterocycles. The van der Waals surface area contributed by atoms with Gasteiger partial charge in [-0.1, -0.05) is 112 Å². The van der Waals surface area contributed by atoms with Crippen LogP contribution in [0.3, 0.4) is 0 Å². The fourth-order valence-electron chi connectivity index (χ4n) is 26.4. The highest BCUT2D eigenvalue weighted by Gasteiger charge is 2.87. The van der Waals surface area contributed by atoms with Crippen LogP contribution in [0.25, 0.3) is 0 Å². The number of esters is 2. The largest absolute Gasteiger partial charge is 0.457 e. The fraction of sp³-hybridized carbons (Fsp3) is 0.973. The van der Waals surface area contributed by atoms with E-state index in [2.05, 4.69) is 96.9 Å². The molecule has 10 saturated carbocycles. The van der Waals surface area contributed by atoms with Gasteiger partial charge in [0.1, 0.15) is 0 Å². The van der Waals surface area contributed by atoms with Gasteiger partial charge in [0.15, 0.2) is 20.5 Å². The van der Waals surface area contributed by atoms with Crippen LogP contribution in [-0.2, 0) is 33.0 Å². The topological polar surface area (TPSA) is 161 Å². The second-order valence-corrected chi connectivity index (χ2v) is 40.0. The summed E-state index contributed by atoms with van der Waals surface area (Å²) in [6.45, 7) is 43.9. The summed E-state index contributed by atoms with van der Waals surface area (Å²) in [7, 11) is -2.00. The number of ether oxygens (including phenoxy) is 4. The number of rotatable bonds is 11. The Bertz CT molecular complexity index is 2490. The van der Waals surface area contributed by atoms with Crippen molar-refractivity contribution in [1.29, 1.82) is 0 Å². The third kappa shape index (κ3) is 9.04. The number of carbonyl (C=O) groups is 2. The van der Waals surface area contributed by atoms with Crippen molar-refractivity contribution in [2.75, 3.05) is 0 Å². The van der Waals surface area contributed by atoms with Gasteiger partial charge in [0.2, 0.25) is 0 Å². The molecule has 4 spiro atoms. The van der Waals surface area contributed by atoms with Crippen LogP contribution in [0.1, 0.15) is 256 Å². The average molecular weight is 1210 g/mol. The summed E-state index contributed by atoms with van der Waals surface area (Å²) in [6.07, 6.45) is 15.5. The predicted molar refractivity (Wildman–Crippen MR) is 341 cm³/mol. The minimum Gasteiger partial charge on any atom is -0.457 e. The second-order valence-electron chi connectivity index (χ2n) is 35.2. The Morgan fingerprint density at radius 3 is 1.39 bits per heavy atom. The number of hydrogen-bond donors (Lipinski definition) is 4. The van der Waals surface area contributed by atoms with Crippen LogP contribution in [-0.4, -0.2) is 107 Å². The summed E-state index contributed by atoms with van der Waals surface area (Å²) in [4.78, 5) is 24.2. The lowest BCUT2D eigenvalue weighted by Gasteiger charge is -2.64. The molecular weight excluding hydrogens is 1080 g/mol. The van der Waals surface area contributed by atoms with E-state index in [0.717, 1.165) is 68.5 Å². The fourth-order valence-corrected chi connectivity index (χ4v) is 29.3. The molecule has 12 heteroatoms. The molecule has 12 fully saturated rings. The Morgan fingerprint density at radius 1 is 0.553 bits per heavy atom. The first kappa shape index (κ1) is 68.2. The maximum Gasteiger partial charge on any atom is 0.303 e. The maximum atomic E-state index is 12.3. The number of carbonyl (C=O) groups excluding carboxylic acids is 2. The normalized spacial score (nSPS) is 50.8. The Balaban J connectivity index is 0.000000201. The molecule has 0 aromatic carbocycles. The monoisotopic (exact) mass is 1210 g/mol. The number of aliphatic hydroxyl groups is 4. The van der Waals surface area contributed by atoms with Gasteiger partial charge in [-0.2, -0.15) is 0 Å². The van der Waals surface area contributed by atoms with Crippen LogP contribution in [0, 0.1) is 107 Å². The highest BCUT2D eigenvalue weighted by atomic mass is 28.4. The summed E-state index contributed by atoms with van der Waals surface area (Å²) in [5.41, 5.74) is -0.685. The average Bonchev–Trinajstić information content (AvgIpc) is 1.47. The Labute approximate surface area is 519 Å². The van der Waals surface area contributed by atoms with Crippen LogP contribution >= 0.6 is 0 Å². The van der Waals surface area contributed by atoms with Crippen LogP contribution < -0.4 is 0 Å². The van der Waals surface area contributed by atoms with Crippen LogP contribution in [0.4, 0.5) is 0 Å². The highest BCUT2D eigenvalue weighted by Crippen LogP contribution is 2.91. The second kappa shape index (κ2) is 21.5. The van der Waals surface area contributed by atoms with Gasteiger partial charge in [-0.15, -0.1) is 0 Å². The summed E-state index contributed by atoms with van der Waals surface area (Å²) < 4.78 is 33.4. The van der Waals surface area contributed by atoms with Gasteiger partial charge in [-0.05, 0) is 245 Å². The lowest BCUT2D eigenvalue weighted by molar-refractivity contribution is -0.216. The van der Waals surface area contributed by atoms with E-state index in [-0.39, 0.29) is 95.7 Å². The zero-order valence-corrected chi connectivity index (χ0v) is 57.0. The van der Waals surface area contributed by atoms with Gasteiger partial charge in [0.25, 0.3) is 0 Å². The molecule has 0 radical (unpaired) electrons. The predicted octanol–water partition coefficient (Wildman–Crippen LogP) is 15.3. The Hall–Kier alpha value is -1.12. The van der Waals surface area contributed by atoms with Crippen molar-refractivity contribution < 1.29 is 53.4 Å². The van der Waals surface area contributed by atoms with E-state index in [1.165, 1.54) is 71.6 Å². The van der Waals surface area contributed by atoms with E-state index in [1.807, 2.05) is 0 Å². The quantitative estimate of drug-likeness (QED) is 0.115. The molecule has 2 unspecified atom stereocenters. The summed E-state index contributed by atoms with van der Waals surface area (Å²) >= 11 is 0. The molecule has 0 amide bonds. The van der Waals surface area contributed by atoms with Gasteiger partial charge in [-0.25, -0.2) is 0 Å². The minimum absolute atomic E-state index is 0. The van der Waals surface area contributed by atoms with E-state index in [4.69, 9.17) is 23.4 Å². The molecule has 0 bridgehead atoms. The standard InChI is InChI=1S/C39H68O5Si.C32H52O6.2CH4/c1-13-45(14-2,15-3)44-33-31-30(24(4)22-27(43-31)32(35(9,10)41)42-26(6)40)36(11)20-21-39-23-38(39)19-18-25(5)34(7,8)28(38)16-17-29(39)37(33,36)12;1-17-15-19(26(28(5,6)36)37-18(2)33)38-24-23(17)29(7)13-14-32-16-31(32)12-11-22(34)27(3,4)20(31)9-10-21(32)30(29,8)25(24)35;;/h24-25,27-33,41H,13-23H2,1-12H3;17,19-26,34-36H,9-16H2,1-8H3;2*1H4/t24-,25?,27-,28+,29+,30+,31+,32+,33+,36-,37-,38-,39+;17-,19-,20+,21+,22?,23+,24+,25+,26+,29-,30-,31-,32+;;/m11../s1. The molecule has 85 heavy (non-hydrogen) atoms. The lowest BCUT2D eigenvalue weighted by atomic mass is 9.41. The molecule has 0 aromatic rings. The summed E-state index contributed by atoms with van der Waals surface area (Å²) in [6, 6.07) is 3.40. The van der Waals surface area contributed by atoms with E-state index in [0.29, 0.717) is 57.7 Å². The molecule has 11 nitrogen and oxygen atoms in total. The van der Waals surface area contributed by atoms with Crippen molar-refractivity contribution in [3.05, 3.63) is 0 Å². The van der Waals surface area contributed by atoms with Crippen LogP contribution in [0.15, 0.2) is 0 Å². The van der Waals surface area contributed by atoms with Gasteiger partial charge >= 0.3 is 11.9 Å². The highest BCUT2D eigenvalue weighted by molar-refractivity contribution is 6.73. The van der Waals surface area contributed by atoms with Gasteiger partial charge in [0.05, 0.1) is 53.9 Å². The van der Waals surface area contributed by atoms with Crippen LogP contribution in [0.5, 0.6) is 0 Å². The van der Waals surface area contributed by atoms with Crippen molar-refractivity contribution in [1.82, 2.24) is 0 Å². The number of fused-ring (bicyclic) bond motifs is 8. The molecule has 4 N–H and O–H groups in total. The van der Waals surface area contributed by atoms with Crippen molar-refractivity contribution in [3.63, 3.8) is 0 Å². The van der Waals surface area contributed by atoms with Gasteiger partial charge < -0.3 is 43.8 Å². The first-order valence-electron chi connectivity index (χ1n) is 34.5. The van der Waals surface area contributed by atoms with E-state index in [1.54, 1.807) is 27.7 Å². The molecule has 12 aliphatic rings. The van der Waals surface area contributed by atoms with Crippen molar-refractivity contribution in [3.8, 4) is 0 Å². The Morgan fingerprint density at radius 2 is 0.941 bits per heavy atom. The molecule has 2 saturated heterocycles. The molecule has 12 rings (SSSR count). The third-order valence-electron chi connectivity index (χ3n) is 31.1. The third-order valence-corrected chi connectivity index (χ3v) is 35.7. The SMILES string of the molecule is C.C.CC(=O)O[C@@H]([C@H]1C[C@@H](C)[C@H]2[C@H](O1)[C@H](O)[C@@]1(C)[C@@H]3CC[C@H]4C(C)(C)C(O)CC[C@@]45C[C@@]35CC[C@]21C)C(C)(C)O.CC[Si](CC)(CC)O[C@H]1[C@H]2O[C@@H]([C@H](OC(C)=O)C(C)(C)O)C[C@@H](C)[C@@H]2[C@@]2(C)CC[C@@]34C[C@@]35CCC(C)C(C)(C)[C@@H]5CC[C@H]4[C@]12C. The zero-order valence-electron chi connectivity index (χ0n) is 56.0. The molecular formula is C73H128O11Si. The molecule has 2 aliphatic heterocycles. The number of aliphatic hydroxyl groups excluding tert-OH is 2. The molecule has 10 aliphatic carbocycles. The zero-order chi connectivity index (χ0) is 61.0. The van der Waals surface area contributed by atoms with E-state index >= 15 is 0 Å². The van der Waals surface area contributed by atoms with Crippen LogP contribution in [0.2, 0.25) is 18.1 Å². The van der Waals surface area contributed by atoms with Crippen molar-refractivity contribution in [2.45, 2.75) is 340 Å². The summed E-state index contributed by atoms with van der Waals surface area (Å²) in [5.74, 6) is 3.82.